The fraction of sp³-hybridized carbons (Fsp3) is 0.308. The second-order valence-electron chi connectivity index (χ2n) is 9.05. The molecule has 2 N–H and O–H groups in total. The number of nitrogens with one attached hydrogen (secondary N) is 2. The lowest BCUT2D eigenvalue weighted by molar-refractivity contribution is -0.966. The summed E-state index contributed by atoms with van der Waals surface area (Å²) in [5.74, 6) is 0. The van der Waals surface area contributed by atoms with E-state index < -0.39 is 0 Å². The summed E-state index contributed by atoms with van der Waals surface area (Å²) in [5.41, 5.74) is 4.34. The fourth-order valence-electron chi connectivity index (χ4n) is 4.81. The van der Waals surface area contributed by atoms with Crippen molar-refractivity contribution >= 4 is 44.3 Å². The number of nitrogens with zero attached hydrogens (tertiary/aromatic N) is 3. The van der Waals surface area contributed by atoms with E-state index >= 15 is 0 Å². The Kier molecular flexibility index (Phi) is 8.41. The highest BCUT2D eigenvalue weighted by atomic mass is 35.5. The first kappa shape index (κ1) is 25.6. The minimum absolute atomic E-state index is 0. The van der Waals surface area contributed by atoms with Crippen molar-refractivity contribution < 1.29 is 21.6 Å². The van der Waals surface area contributed by atoms with E-state index in [1.165, 1.54) is 0 Å². The van der Waals surface area contributed by atoms with Crippen molar-refractivity contribution in [2.45, 2.75) is 39.1 Å². The third-order valence-corrected chi connectivity index (χ3v) is 7.51. The van der Waals surface area contributed by atoms with E-state index in [1.807, 2.05) is 36.4 Å². The van der Waals surface area contributed by atoms with Gasteiger partial charge in [-0.25, -0.2) is 9.97 Å². The monoisotopic (exact) mass is 527 g/mol. The lowest BCUT2D eigenvalue weighted by Crippen LogP contribution is -3.00. The molecule has 0 saturated carbocycles. The summed E-state index contributed by atoms with van der Waals surface area (Å²) in [6, 6.07) is 20.4. The predicted octanol–water partition coefficient (Wildman–Crippen LogP) is 3.42. The number of quaternary nitrogens is 1. The van der Waals surface area contributed by atoms with Gasteiger partial charge in [0, 0.05) is 22.1 Å². The molecule has 0 bridgehead atoms. The smallest absolute Gasteiger partial charge is 0.187 e. The topological polar surface area (TPSA) is 59.1 Å². The second kappa shape index (κ2) is 11.5. The fourth-order valence-corrected chi connectivity index (χ4v) is 6.26. The van der Waals surface area contributed by atoms with Crippen LogP contribution >= 0.6 is 22.7 Å². The van der Waals surface area contributed by atoms with Crippen LogP contribution in [0.1, 0.15) is 25.2 Å². The van der Waals surface area contributed by atoms with Crippen molar-refractivity contribution in [3.63, 3.8) is 0 Å². The van der Waals surface area contributed by atoms with Crippen LogP contribution in [0.3, 0.4) is 0 Å². The summed E-state index contributed by atoms with van der Waals surface area (Å²) < 4.78 is 7.00. The standard InChI is InChI=1S/C26H30N5OS2.ClH/c1-19-13-31(14-20(2)32-19,15-23-17-33-25(29-23)27-21-9-5-3-6-10-21)16-24-18-34-26(30-24)28-22-11-7-4-8-12-22;/h3-12,17-20H,13-16H2,1-2H3,(H,27,29)(H,28,30);1H/q+1;/p-1. The Balaban J connectivity index is 0.00000289. The number of ether oxygens (including phenoxy) is 1. The highest BCUT2D eigenvalue weighted by Gasteiger charge is 2.39. The highest BCUT2D eigenvalue weighted by Crippen LogP contribution is 2.30. The molecule has 184 valence electrons. The van der Waals surface area contributed by atoms with Crippen LogP contribution in [0.4, 0.5) is 21.6 Å². The Morgan fingerprint density at radius 1 is 0.771 bits per heavy atom. The molecule has 2 aromatic carbocycles. The quantitative estimate of drug-likeness (QED) is 0.344. The maximum atomic E-state index is 6.11. The number of morpholine rings is 1. The molecule has 2 aromatic heterocycles. The van der Waals surface area contributed by atoms with Gasteiger partial charge in [-0.2, -0.15) is 0 Å². The summed E-state index contributed by atoms with van der Waals surface area (Å²) in [7, 11) is 0. The van der Waals surface area contributed by atoms with Gasteiger partial charge in [-0.15, -0.1) is 22.7 Å². The van der Waals surface area contributed by atoms with Gasteiger partial charge < -0.3 is 32.3 Å². The van der Waals surface area contributed by atoms with Crippen LogP contribution in [0.15, 0.2) is 71.4 Å². The zero-order valence-electron chi connectivity index (χ0n) is 19.9. The lowest BCUT2D eigenvalue weighted by Gasteiger charge is -2.45. The van der Waals surface area contributed by atoms with Gasteiger partial charge in [0.2, 0.25) is 0 Å². The molecule has 2 unspecified atom stereocenters. The van der Waals surface area contributed by atoms with Crippen molar-refractivity contribution in [2.24, 2.45) is 0 Å². The van der Waals surface area contributed by atoms with Gasteiger partial charge in [0.25, 0.3) is 0 Å². The average Bonchev–Trinajstić information content (AvgIpc) is 3.43. The van der Waals surface area contributed by atoms with Crippen molar-refractivity contribution in [1.29, 1.82) is 0 Å². The van der Waals surface area contributed by atoms with Crippen LogP contribution in [0.25, 0.3) is 0 Å². The zero-order chi connectivity index (χ0) is 23.4. The van der Waals surface area contributed by atoms with Crippen LogP contribution in [-0.2, 0) is 17.8 Å². The van der Waals surface area contributed by atoms with E-state index in [0.29, 0.717) is 0 Å². The number of para-hydroxylation sites is 2. The molecule has 35 heavy (non-hydrogen) atoms. The molecule has 1 fully saturated rings. The number of rotatable bonds is 8. The lowest BCUT2D eigenvalue weighted by atomic mass is 10.1. The van der Waals surface area contributed by atoms with Gasteiger partial charge in [-0.05, 0) is 38.1 Å². The molecule has 0 radical (unpaired) electrons. The number of thiazole rings is 2. The van der Waals surface area contributed by atoms with Gasteiger partial charge in [-0.3, -0.25) is 0 Å². The van der Waals surface area contributed by atoms with E-state index in [4.69, 9.17) is 14.7 Å². The number of hydrogen-bond donors (Lipinski definition) is 2. The summed E-state index contributed by atoms with van der Waals surface area (Å²) >= 11 is 3.32. The molecule has 1 aliphatic rings. The first-order chi connectivity index (χ1) is 16.6. The number of hydrogen-bond acceptors (Lipinski definition) is 7. The zero-order valence-corrected chi connectivity index (χ0v) is 22.2. The number of aromatic nitrogens is 2. The first-order valence-electron chi connectivity index (χ1n) is 11.6. The van der Waals surface area contributed by atoms with Crippen molar-refractivity contribution in [3.05, 3.63) is 82.8 Å². The highest BCUT2D eigenvalue weighted by molar-refractivity contribution is 7.14. The average molecular weight is 528 g/mol. The van der Waals surface area contributed by atoms with Crippen LogP contribution in [0.5, 0.6) is 0 Å². The van der Waals surface area contributed by atoms with Gasteiger partial charge in [0.1, 0.15) is 49.8 Å². The maximum Gasteiger partial charge on any atom is 0.187 e. The molecular formula is C26H30ClN5OS2. The molecule has 0 spiro atoms. The van der Waals surface area contributed by atoms with Crippen LogP contribution in [0, 0.1) is 0 Å². The van der Waals surface area contributed by atoms with Crippen LogP contribution in [-0.4, -0.2) is 39.7 Å². The third kappa shape index (κ3) is 6.80. The number of benzene rings is 2. The molecule has 9 heteroatoms. The minimum Gasteiger partial charge on any atom is -1.00 e. The van der Waals surface area contributed by atoms with Crippen LogP contribution in [0.2, 0.25) is 0 Å². The Labute approximate surface area is 221 Å². The number of halogens is 1. The SMILES string of the molecule is CC1C[N+](Cc2csc(Nc3ccccc3)n2)(Cc2csc(Nc3ccccc3)n2)CC(C)O1.[Cl-]. The third-order valence-electron chi connectivity index (χ3n) is 5.90. The maximum absolute atomic E-state index is 6.11. The molecule has 3 heterocycles. The molecule has 1 saturated heterocycles. The van der Waals surface area contributed by atoms with Crippen molar-refractivity contribution in [3.8, 4) is 0 Å². The van der Waals surface area contributed by atoms with E-state index in [2.05, 4.69) is 59.5 Å². The van der Waals surface area contributed by atoms with E-state index in [-0.39, 0.29) is 24.6 Å². The largest absolute Gasteiger partial charge is 1.00 e. The molecule has 5 rings (SSSR count). The van der Waals surface area contributed by atoms with Gasteiger partial charge in [-0.1, -0.05) is 36.4 Å². The van der Waals surface area contributed by atoms with Crippen molar-refractivity contribution in [1.82, 2.24) is 9.97 Å². The molecule has 4 aromatic rings. The second-order valence-corrected chi connectivity index (χ2v) is 10.8. The summed E-state index contributed by atoms with van der Waals surface area (Å²) in [5, 5.41) is 13.1. The van der Waals surface area contributed by atoms with Gasteiger partial charge in [0.15, 0.2) is 10.3 Å². The summed E-state index contributed by atoms with van der Waals surface area (Å²) in [4.78, 5) is 9.84. The van der Waals surface area contributed by atoms with Crippen molar-refractivity contribution in [2.75, 3.05) is 23.7 Å². The molecule has 0 aliphatic carbocycles. The minimum atomic E-state index is 0. The summed E-state index contributed by atoms with van der Waals surface area (Å²) in [6.07, 6.45) is 0.398. The van der Waals surface area contributed by atoms with E-state index in [1.54, 1.807) is 22.7 Å². The Bertz CT molecular complexity index is 1110. The molecule has 6 nitrogen and oxygen atoms in total. The number of anilines is 4. The van der Waals surface area contributed by atoms with Gasteiger partial charge in [0.05, 0.1) is 0 Å². The molecular weight excluding hydrogens is 498 g/mol. The first-order valence-corrected chi connectivity index (χ1v) is 13.3. The van der Waals surface area contributed by atoms with E-state index in [0.717, 1.165) is 63.7 Å². The Hall–Kier alpha value is -2.49. The Morgan fingerprint density at radius 3 is 1.63 bits per heavy atom. The predicted molar refractivity (Wildman–Crippen MR) is 141 cm³/mol. The molecule has 2 atom stereocenters. The van der Waals surface area contributed by atoms with Gasteiger partial charge >= 0.3 is 0 Å². The molecule has 0 amide bonds. The Morgan fingerprint density at radius 2 is 1.20 bits per heavy atom. The van der Waals surface area contributed by atoms with Crippen LogP contribution < -0.4 is 23.0 Å². The normalized spacial score (nSPS) is 19.0. The summed E-state index contributed by atoms with van der Waals surface area (Å²) in [6.45, 7) is 7.98. The van der Waals surface area contributed by atoms with E-state index in [9.17, 15) is 0 Å². The molecule has 1 aliphatic heterocycles.